The number of nitrogens with zero attached hydrogens (tertiary/aromatic N) is 2. The summed E-state index contributed by atoms with van der Waals surface area (Å²) in [7, 11) is 0. The third-order valence-electron chi connectivity index (χ3n) is 2.37. The molecule has 0 aliphatic rings. The maximum Gasteiger partial charge on any atom is 0.389 e. The van der Waals surface area contributed by atoms with Gasteiger partial charge < -0.3 is 5.73 Å². The quantitative estimate of drug-likeness (QED) is 0.923. The second kappa shape index (κ2) is 5.39. The molecule has 0 aliphatic carbocycles. The molecule has 2 N–H and O–H groups in total. The fourth-order valence-corrected chi connectivity index (χ4v) is 2.13. The van der Waals surface area contributed by atoms with Crippen LogP contribution in [0.1, 0.15) is 44.5 Å². The Kier molecular flexibility index (Phi) is 4.60. The molecule has 1 rings (SSSR count). The lowest BCUT2D eigenvalue weighted by Crippen LogP contribution is -2.20. The number of halogens is 4. The highest BCUT2D eigenvalue weighted by molar-refractivity contribution is 9.10. The van der Waals surface area contributed by atoms with Crippen LogP contribution < -0.4 is 5.73 Å². The summed E-state index contributed by atoms with van der Waals surface area (Å²) in [6.45, 7) is 3.80. The van der Waals surface area contributed by atoms with E-state index in [2.05, 4.69) is 21.0 Å². The van der Waals surface area contributed by atoms with Crippen LogP contribution in [0.2, 0.25) is 0 Å². The molecule has 0 saturated heterocycles. The van der Waals surface area contributed by atoms with Crippen LogP contribution in [-0.2, 0) is 0 Å². The van der Waals surface area contributed by atoms with Gasteiger partial charge in [-0.15, -0.1) is 0 Å². The molecule has 0 amide bonds. The highest BCUT2D eigenvalue weighted by Crippen LogP contribution is 2.30. The third kappa shape index (κ3) is 3.99. The molecule has 0 fully saturated rings. The summed E-state index contributed by atoms with van der Waals surface area (Å²) < 4.78 is 38.7. The molecule has 0 spiro atoms. The molecular formula is C10H15BrF3N3. The topological polar surface area (TPSA) is 43.8 Å². The van der Waals surface area contributed by atoms with Crippen molar-refractivity contribution in [3.8, 4) is 0 Å². The Morgan fingerprint density at radius 2 is 2.06 bits per heavy atom. The van der Waals surface area contributed by atoms with E-state index in [0.29, 0.717) is 10.2 Å². The van der Waals surface area contributed by atoms with Gasteiger partial charge >= 0.3 is 6.18 Å². The monoisotopic (exact) mass is 313 g/mol. The van der Waals surface area contributed by atoms with E-state index in [1.54, 1.807) is 10.9 Å². The largest absolute Gasteiger partial charge is 0.389 e. The molecule has 98 valence electrons. The first-order valence-corrected chi connectivity index (χ1v) is 6.07. The molecule has 3 nitrogen and oxygen atoms in total. The van der Waals surface area contributed by atoms with Crippen molar-refractivity contribution < 1.29 is 13.2 Å². The predicted octanol–water partition coefficient (Wildman–Crippen LogP) is 3.57. The molecule has 0 aliphatic heterocycles. The molecule has 0 saturated carbocycles. The van der Waals surface area contributed by atoms with Gasteiger partial charge in [-0.05, 0) is 36.2 Å². The highest BCUT2D eigenvalue weighted by atomic mass is 79.9. The lowest BCUT2D eigenvalue weighted by molar-refractivity contribution is -0.136. The van der Waals surface area contributed by atoms with Crippen LogP contribution in [0.3, 0.4) is 0 Å². The van der Waals surface area contributed by atoms with Crippen molar-refractivity contribution in [1.82, 2.24) is 9.78 Å². The fraction of sp³-hybridized carbons (Fsp3) is 0.700. The standard InChI is InChI=1S/C10H15BrF3N3/c1-6(2)17-9(7(11)5-16-17)8(15)3-4-10(12,13)14/h5-6,8H,3-4,15H2,1-2H3. The number of alkyl halides is 3. The summed E-state index contributed by atoms with van der Waals surface area (Å²) in [5.41, 5.74) is 6.41. The van der Waals surface area contributed by atoms with Crippen molar-refractivity contribution in [2.24, 2.45) is 5.73 Å². The van der Waals surface area contributed by atoms with Crippen molar-refractivity contribution in [1.29, 1.82) is 0 Å². The zero-order chi connectivity index (χ0) is 13.2. The number of rotatable bonds is 4. The predicted molar refractivity (Wildman–Crippen MR) is 62.5 cm³/mol. The molecule has 0 radical (unpaired) electrons. The molecule has 1 aromatic heterocycles. The van der Waals surface area contributed by atoms with E-state index in [4.69, 9.17) is 5.73 Å². The second-order valence-electron chi connectivity index (χ2n) is 4.18. The molecule has 1 atom stereocenters. The molecule has 17 heavy (non-hydrogen) atoms. The number of aromatic nitrogens is 2. The van der Waals surface area contributed by atoms with Crippen LogP contribution in [0.25, 0.3) is 0 Å². The van der Waals surface area contributed by atoms with Gasteiger partial charge in [0.25, 0.3) is 0 Å². The Morgan fingerprint density at radius 3 is 2.53 bits per heavy atom. The summed E-state index contributed by atoms with van der Waals surface area (Å²) in [5.74, 6) is 0. The number of nitrogens with two attached hydrogens (primary N) is 1. The Balaban J connectivity index is 2.81. The maximum absolute atomic E-state index is 12.1. The van der Waals surface area contributed by atoms with Crippen LogP contribution in [0.5, 0.6) is 0 Å². The van der Waals surface area contributed by atoms with E-state index in [0.717, 1.165) is 0 Å². The number of hydrogen-bond acceptors (Lipinski definition) is 2. The van der Waals surface area contributed by atoms with Crippen LogP contribution >= 0.6 is 15.9 Å². The first kappa shape index (κ1) is 14.5. The Morgan fingerprint density at radius 1 is 1.47 bits per heavy atom. The first-order valence-electron chi connectivity index (χ1n) is 5.27. The summed E-state index contributed by atoms with van der Waals surface area (Å²) in [6, 6.07) is -0.607. The van der Waals surface area contributed by atoms with Gasteiger partial charge in [0, 0.05) is 18.5 Å². The van der Waals surface area contributed by atoms with E-state index in [9.17, 15) is 13.2 Å². The normalized spacial score (nSPS) is 14.4. The molecule has 0 bridgehead atoms. The van der Waals surface area contributed by atoms with Gasteiger partial charge in [-0.1, -0.05) is 0 Å². The molecule has 1 heterocycles. The van der Waals surface area contributed by atoms with Crippen molar-refractivity contribution >= 4 is 15.9 Å². The van der Waals surface area contributed by atoms with Crippen LogP contribution in [0.15, 0.2) is 10.7 Å². The maximum atomic E-state index is 12.1. The third-order valence-corrected chi connectivity index (χ3v) is 2.98. The Labute approximate surface area is 106 Å². The van der Waals surface area contributed by atoms with Gasteiger partial charge in [0.15, 0.2) is 0 Å². The zero-order valence-corrected chi connectivity index (χ0v) is 11.2. The summed E-state index contributed by atoms with van der Waals surface area (Å²) in [4.78, 5) is 0. The van der Waals surface area contributed by atoms with Crippen LogP contribution in [0, 0.1) is 0 Å². The highest BCUT2D eigenvalue weighted by Gasteiger charge is 2.29. The average molecular weight is 314 g/mol. The lowest BCUT2D eigenvalue weighted by Gasteiger charge is -2.18. The molecule has 1 aromatic rings. The van der Waals surface area contributed by atoms with Gasteiger partial charge in [0.1, 0.15) is 0 Å². The molecule has 7 heteroatoms. The molecule has 0 aromatic carbocycles. The Hall–Kier alpha value is -0.560. The molecular weight excluding hydrogens is 299 g/mol. The van der Waals surface area contributed by atoms with E-state index in [1.807, 2.05) is 13.8 Å². The van der Waals surface area contributed by atoms with Gasteiger partial charge in [-0.3, -0.25) is 4.68 Å². The van der Waals surface area contributed by atoms with E-state index in [1.165, 1.54) is 0 Å². The van der Waals surface area contributed by atoms with Crippen LogP contribution in [0.4, 0.5) is 13.2 Å². The smallest absolute Gasteiger partial charge is 0.323 e. The van der Waals surface area contributed by atoms with E-state index >= 15 is 0 Å². The Bertz CT molecular complexity index is 373. The zero-order valence-electron chi connectivity index (χ0n) is 9.63. The number of hydrogen-bond donors (Lipinski definition) is 1. The minimum absolute atomic E-state index is 0.0632. The average Bonchev–Trinajstić information content (AvgIpc) is 2.55. The van der Waals surface area contributed by atoms with Crippen molar-refractivity contribution in [3.63, 3.8) is 0 Å². The van der Waals surface area contributed by atoms with Crippen LogP contribution in [-0.4, -0.2) is 16.0 Å². The van der Waals surface area contributed by atoms with Crippen molar-refractivity contribution in [2.75, 3.05) is 0 Å². The minimum Gasteiger partial charge on any atom is -0.323 e. The fourth-order valence-electron chi connectivity index (χ4n) is 1.57. The van der Waals surface area contributed by atoms with E-state index < -0.39 is 18.6 Å². The first-order chi connectivity index (χ1) is 7.72. The molecule has 1 unspecified atom stereocenters. The second-order valence-corrected chi connectivity index (χ2v) is 5.03. The van der Waals surface area contributed by atoms with E-state index in [-0.39, 0.29) is 12.5 Å². The minimum atomic E-state index is -4.17. The van der Waals surface area contributed by atoms with Crippen molar-refractivity contribution in [2.45, 2.75) is 44.9 Å². The SMILES string of the molecule is CC(C)n1ncc(Br)c1C(N)CCC(F)(F)F. The van der Waals surface area contributed by atoms with Gasteiger partial charge in [0.2, 0.25) is 0 Å². The summed E-state index contributed by atoms with van der Waals surface area (Å²) in [6.07, 6.45) is -3.64. The lowest BCUT2D eigenvalue weighted by atomic mass is 10.1. The van der Waals surface area contributed by atoms with Gasteiger partial charge in [0.05, 0.1) is 16.4 Å². The summed E-state index contributed by atoms with van der Waals surface area (Å²) >= 11 is 3.26. The van der Waals surface area contributed by atoms with Crippen molar-refractivity contribution in [3.05, 3.63) is 16.4 Å². The van der Waals surface area contributed by atoms with Gasteiger partial charge in [-0.25, -0.2) is 0 Å². The van der Waals surface area contributed by atoms with Gasteiger partial charge in [-0.2, -0.15) is 18.3 Å². The summed E-state index contributed by atoms with van der Waals surface area (Å²) in [5, 5.41) is 4.09.